The van der Waals surface area contributed by atoms with Gasteiger partial charge < -0.3 is 14.2 Å². The molecule has 0 fully saturated rings. The first kappa shape index (κ1) is 23.3. The zero-order valence-electron chi connectivity index (χ0n) is 18.4. The summed E-state index contributed by atoms with van der Waals surface area (Å²) in [4.78, 5) is 30.0. The lowest BCUT2D eigenvalue weighted by molar-refractivity contribution is 0.0678. The summed E-state index contributed by atoms with van der Waals surface area (Å²) in [6.45, 7) is 19.4. The zero-order chi connectivity index (χ0) is 20.7. The van der Waals surface area contributed by atoms with E-state index in [1.165, 1.54) is 12.5 Å². The first-order chi connectivity index (χ1) is 12.5. The molecule has 1 aromatic heterocycles. The van der Waals surface area contributed by atoms with Gasteiger partial charge in [0.1, 0.15) is 12.5 Å². The van der Waals surface area contributed by atoms with Crippen molar-refractivity contribution in [3.8, 4) is 0 Å². The molecule has 5 heteroatoms. The van der Waals surface area contributed by atoms with Crippen LogP contribution >= 0.6 is 0 Å². The van der Waals surface area contributed by atoms with E-state index in [1.807, 2.05) is 9.80 Å². The Morgan fingerprint density at radius 3 is 1.15 bits per heavy atom. The van der Waals surface area contributed by atoms with Crippen LogP contribution in [0.2, 0.25) is 0 Å². The summed E-state index contributed by atoms with van der Waals surface area (Å²) in [6.07, 6.45) is 2.85. The molecular weight excluding hydrogens is 340 g/mol. The van der Waals surface area contributed by atoms with Gasteiger partial charge in [-0.3, -0.25) is 9.59 Å². The highest BCUT2D eigenvalue weighted by Crippen LogP contribution is 2.19. The third-order valence-electron chi connectivity index (χ3n) is 4.04. The van der Waals surface area contributed by atoms with Crippen molar-refractivity contribution in [3.05, 3.63) is 23.7 Å². The number of carbonyl (C=O) groups excluding carboxylic acids is 2. The van der Waals surface area contributed by atoms with Gasteiger partial charge in [0.15, 0.2) is 0 Å². The van der Waals surface area contributed by atoms with Gasteiger partial charge in [-0.1, -0.05) is 55.4 Å². The number of rotatable bonds is 10. The largest absolute Gasteiger partial charge is 0.471 e. The van der Waals surface area contributed by atoms with Crippen molar-refractivity contribution in [2.24, 2.45) is 23.7 Å². The van der Waals surface area contributed by atoms with E-state index in [0.29, 0.717) is 61.0 Å². The molecule has 2 amide bonds. The summed E-state index contributed by atoms with van der Waals surface area (Å²) >= 11 is 0. The average Bonchev–Trinajstić information content (AvgIpc) is 2.99. The maximum absolute atomic E-state index is 13.2. The van der Waals surface area contributed by atoms with Crippen LogP contribution in [0.5, 0.6) is 0 Å². The number of nitrogens with zero attached hydrogens (tertiary/aromatic N) is 2. The predicted molar refractivity (Wildman–Crippen MR) is 110 cm³/mol. The van der Waals surface area contributed by atoms with Crippen molar-refractivity contribution in [2.75, 3.05) is 26.2 Å². The average molecular weight is 379 g/mol. The number of hydrogen-bond acceptors (Lipinski definition) is 3. The highest BCUT2D eigenvalue weighted by atomic mass is 16.3. The van der Waals surface area contributed by atoms with Gasteiger partial charge in [-0.15, -0.1) is 0 Å². The van der Waals surface area contributed by atoms with Gasteiger partial charge in [-0.05, 0) is 23.7 Å². The Balaban J connectivity index is 3.13. The van der Waals surface area contributed by atoms with E-state index < -0.39 is 0 Å². The molecule has 0 radical (unpaired) electrons. The Bertz CT molecular complexity index is 532. The minimum absolute atomic E-state index is 0.122. The number of furan rings is 1. The van der Waals surface area contributed by atoms with Crippen molar-refractivity contribution in [1.29, 1.82) is 0 Å². The maximum Gasteiger partial charge on any atom is 0.257 e. The molecule has 27 heavy (non-hydrogen) atoms. The predicted octanol–water partition coefficient (Wildman–Crippen LogP) is 4.79. The van der Waals surface area contributed by atoms with Crippen LogP contribution < -0.4 is 0 Å². The SMILES string of the molecule is CC(C)CN(CC(C)C)C(=O)c1cocc1C(=O)N(CC(C)C)CC(C)C. The van der Waals surface area contributed by atoms with Crippen molar-refractivity contribution < 1.29 is 14.0 Å². The number of hydrogen-bond donors (Lipinski definition) is 0. The molecule has 0 aliphatic heterocycles. The first-order valence-corrected chi connectivity index (χ1v) is 10.2. The topological polar surface area (TPSA) is 53.8 Å². The summed E-state index contributed by atoms with van der Waals surface area (Å²) in [5.41, 5.74) is 0.748. The van der Waals surface area contributed by atoms with E-state index in [1.54, 1.807) is 0 Å². The monoisotopic (exact) mass is 378 g/mol. The van der Waals surface area contributed by atoms with Crippen molar-refractivity contribution in [3.63, 3.8) is 0 Å². The van der Waals surface area contributed by atoms with Gasteiger partial charge in [-0.25, -0.2) is 0 Å². The second-order valence-electron chi connectivity index (χ2n) is 9.19. The van der Waals surface area contributed by atoms with Gasteiger partial charge in [0.05, 0.1) is 11.1 Å². The van der Waals surface area contributed by atoms with E-state index in [4.69, 9.17) is 4.42 Å². The molecule has 0 aliphatic carbocycles. The lowest BCUT2D eigenvalue weighted by atomic mass is 10.1. The Hall–Kier alpha value is -1.78. The van der Waals surface area contributed by atoms with Gasteiger partial charge in [0, 0.05) is 26.2 Å². The molecule has 0 saturated heterocycles. The fraction of sp³-hybridized carbons (Fsp3) is 0.727. The number of carbonyl (C=O) groups is 2. The molecule has 0 spiro atoms. The highest BCUT2D eigenvalue weighted by Gasteiger charge is 2.28. The molecule has 0 saturated carbocycles. The normalized spacial score (nSPS) is 11.7. The Morgan fingerprint density at radius 2 is 0.926 bits per heavy atom. The van der Waals surface area contributed by atoms with Gasteiger partial charge >= 0.3 is 0 Å². The van der Waals surface area contributed by atoms with E-state index >= 15 is 0 Å². The van der Waals surface area contributed by atoms with Crippen molar-refractivity contribution in [1.82, 2.24) is 9.80 Å². The van der Waals surface area contributed by atoms with E-state index in [2.05, 4.69) is 55.4 Å². The van der Waals surface area contributed by atoms with Crippen LogP contribution in [0.15, 0.2) is 16.9 Å². The van der Waals surface area contributed by atoms with Crippen LogP contribution in [0.3, 0.4) is 0 Å². The lowest BCUT2D eigenvalue weighted by Crippen LogP contribution is -2.40. The molecule has 1 heterocycles. The molecule has 0 unspecified atom stereocenters. The summed E-state index contributed by atoms with van der Waals surface area (Å²) in [5.74, 6) is 1.19. The third kappa shape index (κ3) is 7.39. The van der Waals surface area contributed by atoms with Gasteiger partial charge in [0.2, 0.25) is 0 Å². The molecular formula is C22H38N2O3. The van der Waals surface area contributed by atoms with Crippen LogP contribution in [0.1, 0.15) is 76.1 Å². The Kier molecular flexibility index (Phi) is 9.07. The molecule has 1 aromatic rings. The quantitative estimate of drug-likeness (QED) is 0.588. The van der Waals surface area contributed by atoms with Crippen molar-refractivity contribution in [2.45, 2.75) is 55.4 Å². The fourth-order valence-corrected chi connectivity index (χ4v) is 3.21. The van der Waals surface area contributed by atoms with E-state index in [9.17, 15) is 9.59 Å². The Labute approximate surface area is 165 Å². The molecule has 0 aliphatic rings. The maximum atomic E-state index is 13.2. The summed E-state index contributed by atoms with van der Waals surface area (Å²) in [5, 5.41) is 0. The van der Waals surface area contributed by atoms with E-state index in [0.717, 1.165) is 0 Å². The number of amides is 2. The van der Waals surface area contributed by atoms with Crippen LogP contribution in [0.4, 0.5) is 0 Å². The standard InChI is InChI=1S/C22H38N2O3/c1-15(2)9-23(10-16(3)4)21(25)19-13-27-14-20(19)22(26)24(11-17(5)6)12-18(7)8/h13-18H,9-12H2,1-8H3. The first-order valence-electron chi connectivity index (χ1n) is 10.2. The molecule has 154 valence electrons. The highest BCUT2D eigenvalue weighted by molar-refractivity contribution is 6.06. The Morgan fingerprint density at radius 1 is 0.667 bits per heavy atom. The molecule has 1 rings (SSSR count). The van der Waals surface area contributed by atoms with Crippen LogP contribution in [0, 0.1) is 23.7 Å². The van der Waals surface area contributed by atoms with Crippen LogP contribution in [0.25, 0.3) is 0 Å². The molecule has 5 nitrogen and oxygen atoms in total. The molecule has 0 atom stereocenters. The van der Waals surface area contributed by atoms with E-state index in [-0.39, 0.29) is 11.8 Å². The second-order valence-corrected chi connectivity index (χ2v) is 9.19. The van der Waals surface area contributed by atoms with Gasteiger partial charge in [-0.2, -0.15) is 0 Å². The summed E-state index contributed by atoms with van der Waals surface area (Å²) < 4.78 is 5.31. The zero-order valence-corrected chi connectivity index (χ0v) is 18.4. The lowest BCUT2D eigenvalue weighted by Gasteiger charge is -2.28. The van der Waals surface area contributed by atoms with Gasteiger partial charge in [0.25, 0.3) is 11.8 Å². The fourth-order valence-electron chi connectivity index (χ4n) is 3.21. The second kappa shape index (κ2) is 10.5. The minimum Gasteiger partial charge on any atom is -0.471 e. The molecule has 0 aromatic carbocycles. The smallest absolute Gasteiger partial charge is 0.257 e. The third-order valence-corrected chi connectivity index (χ3v) is 4.04. The summed E-state index contributed by atoms with van der Waals surface area (Å²) in [7, 11) is 0. The minimum atomic E-state index is -0.122. The van der Waals surface area contributed by atoms with Crippen molar-refractivity contribution >= 4 is 11.8 Å². The molecule has 0 N–H and O–H groups in total. The van der Waals surface area contributed by atoms with Crippen LogP contribution in [-0.4, -0.2) is 47.8 Å². The molecule has 0 bridgehead atoms. The van der Waals surface area contributed by atoms with Crippen LogP contribution in [-0.2, 0) is 0 Å². The summed E-state index contributed by atoms with van der Waals surface area (Å²) in [6, 6.07) is 0.